The summed E-state index contributed by atoms with van der Waals surface area (Å²) in [6.45, 7) is 8.17. The number of pyridine rings is 1. The molecule has 0 radical (unpaired) electrons. The number of hydrogen-bond donors (Lipinski definition) is 0. The highest BCUT2D eigenvalue weighted by Gasteiger charge is 2.40. The number of imide groups is 1. The van der Waals surface area contributed by atoms with Gasteiger partial charge in [-0.25, -0.2) is 0 Å². The largest absolute Gasteiger partial charge is 0.494 e. The van der Waals surface area contributed by atoms with E-state index in [0.717, 1.165) is 29.7 Å². The maximum absolute atomic E-state index is 13.1. The van der Waals surface area contributed by atoms with Gasteiger partial charge in [0.15, 0.2) is 0 Å². The first-order valence-electron chi connectivity index (χ1n) is 10.6. The van der Waals surface area contributed by atoms with Crippen LogP contribution >= 0.6 is 0 Å². The van der Waals surface area contributed by atoms with E-state index in [1.54, 1.807) is 12.4 Å². The number of rotatable bonds is 10. The summed E-state index contributed by atoms with van der Waals surface area (Å²) >= 11 is 0. The lowest BCUT2D eigenvalue weighted by molar-refractivity contribution is -0.137. The number of ether oxygens (including phenoxy) is 1. The number of amides is 2. The predicted molar refractivity (Wildman–Crippen MR) is 117 cm³/mol. The second-order valence-corrected chi connectivity index (χ2v) is 7.14. The van der Waals surface area contributed by atoms with E-state index in [0.29, 0.717) is 37.5 Å². The van der Waals surface area contributed by atoms with Crippen molar-refractivity contribution < 1.29 is 14.3 Å². The molecular weight excluding hydrogens is 378 g/mol. The maximum atomic E-state index is 13.1. The Balaban J connectivity index is 1.93. The second-order valence-electron chi connectivity index (χ2n) is 7.14. The third-order valence-corrected chi connectivity index (χ3v) is 5.19. The van der Waals surface area contributed by atoms with E-state index in [1.165, 1.54) is 4.90 Å². The molecule has 0 saturated carbocycles. The van der Waals surface area contributed by atoms with E-state index < -0.39 is 0 Å². The highest BCUT2D eigenvalue weighted by molar-refractivity contribution is 6.35. The van der Waals surface area contributed by atoms with Gasteiger partial charge in [0, 0.05) is 32.0 Å². The van der Waals surface area contributed by atoms with Gasteiger partial charge in [0.1, 0.15) is 11.4 Å². The average molecular weight is 408 g/mol. The van der Waals surface area contributed by atoms with Crippen LogP contribution in [0.4, 0.5) is 0 Å². The van der Waals surface area contributed by atoms with Crippen molar-refractivity contribution >= 4 is 17.4 Å². The van der Waals surface area contributed by atoms with E-state index in [9.17, 15) is 9.59 Å². The SMILES string of the molecule is CCCOc1ccc(C2=C(N(CC)CCc3ccncc3)C(=O)N(CC)C2=O)cc1. The number of hydrogen-bond acceptors (Lipinski definition) is 5. The van der Waals surface area contributed by atoms with Crippen LogP contribution in [-0.2, 0) is 16.0 Å². The summed E-state index contributed by atoms with van der Waals surface area (Å²) < 4.78 is 5.65. The van der Waals surface area contributed by atoms with Gasteiger partial charge in [-0.2, -0.15) is 0 Å². The van der Waals surface area contributed by atoms with Gasteiger partial charge < -0.3 is 9.64 Å². The quantitative estimate of drug-likeness (QED) is 0.564. The summed E-state index contributed by atoms with van der Waals surface area (Å²) in [4.78, 5) is 33.6. The van der Waals surface area contributed by atoms with Crippen molar-refractivity contribution in [3.63, 3.8) is 0 Å². The van der Waals surface area contributed by atoms with Gasteiger partial charge in [-0.15, -0.1) is 0 Å². The smallest absolute Gasteiger partial charge is 0.277 e. The molecule has 2 aromatic rings. The number of benzene rings is 1. The van der Waals surface area contributed by atoms with Gasteiger partial charge in [0.05, 0.1) is 12.2 Å². The minimum absolute atomic E-state index is 0.222. The molecule has 0 atom stereocenters. The molecule has 1 aromatic heterocycles. The Hall–Kier alpha value is -3.15. The molecule has 2 heterocycles. The summed E-state index contributed by atoms with van der Waals surface area (Å²) in [5, 5.41) is 0. The first-order chi connectivity index (χ1) is 14.6. The molecule has 3 rings (SSSR count). The Kier molecular flexibility index (Phi) is 7.22. The topological polar surface area (TPSA) is 62.7 Å². The number of carbonyl (C=O) groups is 2. The van der Waals surface area contributed by atoms with Crippen LogP contribution in [0.2, 0.25) is 0 Å². The molecule has 0 fully saturated rings. The second kappa shape index (κ2) is 10.1. The van der Waals surface area contributed by atoms with E-state index in [1.807, 2.05) is 55.1 Å². The van der Waals surface area contributed by atoms with Crippen molar-refractivity contribution in [2.75, 3.05) is 26.2 Å². The van der Waals surface area contributed by atoms with Crippen molar-refractivity contribution in [1.82, 2.24) is 14.8 Å². The van der Waals surface area contributed by atoms with Crippen LogP contribution in [0, 0.1) is 0 Å². The fourth-order valence-electron chi connectivity index (χ4n) is 3.58. The van der Waals surface area contributed by atoms with E-state index in [4.69, 9.17) is 4.74 Å². The van der Waals surface area contributed by atoms with Crippen LogP contribution in [0.1, 0.15) is 38.3 Å². The molecule has 0 bridgehead atoms. The standard InChI is InChI=1S/C24H29N3O3/c1-4-17-30-20-9-7-19(8-10-20)21-22(24(29)27(6-3)23(21)28)26(5-2)16-13-18-11-14-25-15-12-18/h7-12,14-15H,4-6,13,16-17H2,1-3H3. The minimum Gasteiger partial charge on any atom is -0.494 e. The number of nitrogens with zero attached hydrogens (tertiary/aromatic N) is 3. The van der Waals surface area contributed by atoms with Gasteiger partial charge in [-0.3, -0.25) is 19.5 Å². The minimum atomic E-state index is -0.234. The monoisotopic (exact) mass is 407 g/mol. The Bertz CT molecular complexity index is 907. The normalized spacial score (nSPS) is 13.9. The van der Waals surface area contributed by atoms with Crippen LogP contribution in [0.15, 0.2) is 54.5 Å². The first-order valence-corrected chi connectivity index (χ1v) is 10.6. The number of carbonyl (C=O) groups excluding carboxylic acids is 2. The van der Waals surface area contributed by atoms with Crippen LogP contribution in [0.25, 0.3) is 5.57 Å². The molecule has 30 heavy (non-hydrogen) atoms. The third-order valence-electron chi connectivity index (χ3n) is 5.19. The summed E-state index contributed by atoms with van der Waals surface area (Å²) in [5.74, 6) is 0.305. The summed E-state index contributed by atoms with van der Waals surface area (Å²) in [7, 11) is 0. The van der Waals surface area contributed by atoms with Crippen LogP contribution in [-0.4, -0.2) is 52.8 Å². The summed E-state index contributed by atoms with van der Waals surface area (Å²) in [5.41, 5.74) is 2.85. The Morgan fingerprint density at radius 1 is 0.967 bits per heavy atom. The Morgan fingerprint density at radius 3 is 2.27 bits per heavy atom. The lowest BCUT2D eigenvalue weighted by Crippen LogP contribution is -2.35. The van der Waals surface area contributed by atoms with E-state index in [2.05, 4.69) is 11.9 Å². The zero-order valence-electron chi connectivity index (χ0n) is 17.9. The van der Waals surface area contributed by atoms with Crippen molar-refractivity contribution in [2.24, 2.45) is 0 Å². The molecule has 0 N–H and O–H groups in total. The van der Waals surface area contributed by atoms with Gasteiger partial charge in [0.2, 0.25) is 0 Å². The molecule has 158 valence electrons. The third kappa shape index (κ3) is 4.53. The molecule has 0 aliphatic carbocycles. The molecule has 0 spiro atoms. The average Bonchev–Trinajstić information content (AvgIpc) is 3.03. The lowest BCUT2D eigenvalue weighted by atomic mass is 10.0. The zero-order valence-corrected chi connectivity index (χ0v) is 17.9. The zero-order chi connectivity index (χ0) is 21.5. The van der Waals surface area contributed by atoms with E-state index in [-0.39, 0.29) is 11.8 Å². The summed E-state index contributed by atoms with van der Waals surface area (Å²) in [6, 6.07) is 11.4. The Morgan fingerprint density at radius 2 is 1.67 bits per heavy atom. The van der Waals surface area contributed by atoms with Gasteiger partial charge in [0.25, 0.3) is 11.8 Å². The summed E-state index contributed by atoms with van der Waals surface area (Å²) in [6.07, 6.45) is 5.23. The molecular formula is C24H29N3O3. The van der Waals surface area contributed by atoms with Gasteiger partial charge in [-0.05, 0) is 62.1 Å². The van der Waals surface area contributed by atoms with Crippen molar-refractivity contribution in [3.8, 4) is 5.75 Å². The molecule has 0 saturated heterocycles. The van der Waals surface area contributed by atoms with Crippen LogP contribution < -0.4 is 4.74 Å². The van der Waals surface area contributed by atoms with E-state index >= 15 is 0 Å². The molecule has 6 nitrogen and oxygen atoms in total. The van der Waals surface area contributed by atoms with Crippen LogP contribution in [0.3, 0.4) is 0 Å². The number of likely N-dealkylation sites (N-methyl/N-ethyl adjacent to an activating group) is 2. The maximum Gasteiger partial charge on any atom is 0.277 e. The van der Waals surface area contributed by atoms with Gasteiger partial charge in [-0.1, -0.05) is 19.1 Å². The first kappa shape index (κ1) is 21.6. The highest BCUT2D eigenvalue weighted by atomic mass is 16.5. The fourth-order valence-corrected chi connectivity index (χ4v) is 3.58. The lowest BCUT2D eigenvalue weighted by Gasteiger charge is -2.24. The fraction of sp³-hybridized carbons (Fsp3) is 0.375. The molecule has 6 heteroatoms. The molecule has 2 amide bonds. The predicted octanol–water partition coefficient (Wildman–Crippen LogP) is 3.53. The molecule has 1 aliphatic rings. The number of aromatic nitrogens is 1. The van der Waals surface area contributed by atoms with Crippen molar-refractivity contribution in [1.29, 1.82) is 0 Å². The van der Waals surface area contributed by atoms with Crippen LogP contribution in [0.5, 0.6) is 5.75 Å². The Labute approximate surface area is 178 Å². The van der Waals surface area contributed by atoms with Crippen molar-refractivity contribution in [2.45, 2.75) is 33.6 Å². The van der Waals surface area contributed by atoms with Crippen molar-refractivity contribution in [3.05, 3.63) is 65.6 Å². The molecule has 0 unspecified atom stereocenters. The molecule has 1 aliphatic heterocycles. The molecule has 1 aromatic carbocycles. The highest BCUT2D eigenvalue weighted by Crippen LogP contribution is 2.32. The van der Waals surface area contributed by atoms with Gasteiger partial charge >= 0.3 is 0 Å².